The van der Waals surface area contributed by atoms with Crippen LogP contribution in [-0.4, -0.2) is 0 Å². The molecule has 0 amide bonds. The van der Waals surface area contributed by atoms with Gasteiger partial charge in [-0.1, -0.05) is 50.2 Å². The summed E-state index contributed by atoms with van der Waals surface area (Å²) in [4.78, 5) is 0. The van der Waals surface area contributed by atoms with E-state index in [2.05, 4.69) is 73.1 Å². The third-order valence-electron chi connectivity index (χ3n) is 3.05. The molecular formula is C16H20N+. The minimum absolute atomic E-state index is 0.576. The highest BCUT2D eigenvalue weighted by atomic mass is 15.0. The summed E-state index contributed by atoms with van der Waals surface area (Å²) in [6, 6.07) is 17.1. The van der Waals surface area contributed by atoms with Crippen LogP contribution in [0.1, 0.15) is 31.0 Å². The molecule has 2 rings (SSSR count). The fraction of sp³-hybridized carbons (Fsp3) is 0.312. The first-order chi connectivity index (χ1) is 8.27. The van der Waals surface area contributed by atoms with Gasteiger partial charge in [0.25, 0.3) is 0 Å². The lowest BCUT2D eigenvalue weighted by Crippen LogP contribution is -2.39. The third-order valence-corrected chi connectivity index (χ3v) is 3.05. The fourth-order valence-electron chi connectivity index (χ4n) is 2.11. The summed E-state index contributed by atoms with van der Waals surface area (Å²) in [5.74, 6) is 0.576. The number of aromatic nitrogens is 1. The lowest BCUT2D eigenvalue weighted by atomic mass is 10.1. The summed E-state index contributed by atoms with van der Waals surface area (Å²) in [5, 5.41) is 0. The van der Waals surface area contributed by atoms with Crippen LogP contribution in [0.25, 0.3) is 0 Å². The molecule has 0 radical (unpaired) electrons. The first-order valence-corrected chi connectivity index (χ1v) is 6.29. The number of nitrogens with zero attached hydrogens (tertiary/aromatic N) is 1. The van der Waals surface area contributed by atoms with Crippen molar-refractivity contribution in [2.45, 2.75) is 32.7 Å². The molecule has 1 nitrogen and oxygen atoms in total. The van der Waals surface area contributed by atoms with Crippen molar-refractivity contribution in [1.82, 2.24) is 0 Å². The molecule has 1 heterocycles. The second-order valence-corrected chi connectivity index (χ2v) is 4.71. The Morgan fingerprint density at radius 1 is 0.941 bits per heavy atom. The van der Waals surface area contributed by atoms with E-state index < -0.39 is 0 Å². The van der Waals surface area contributed by atoms with Crippen LogP contribution in [-0.2, 0) is 13.0 Å². The summed E-state index contributed by atoms with van der Waals surface area (Å²) >= 11 is 0. The number of aryl methyl sites for hydroxylation is 2. The molecule has 0 unspecified atom stereocenters. The largest absolute Gasteiger partial charge is 0.202 e. The highest BCUT2D eigenvalue weighted by Gasteiger charge is 2.12. The van der Waals surface area contributed by atoms with E-state index in [0.29, 0.717) is 5.92 Å². The number of hydrogen-bond donors (Lipinski definition) is 0. The zero-order valence-corrected chi connectivity index (χ0v) is 10.6. The molecule has 17 heavy (non-hydrogen) atoms. The van der Waals surface area contributed by atoms with Gasteiger partial charge in [-0.3, -0.25) is 0 Å². The van der Waals surface area contributed by atoms with Crippen LogP contribution >= 0.6 is 0 Å². The number of rotatable bonds is 4. The standard InChI is InChI=1S/C16H20N/c1-14(2)16-10-6-7-12-17(16)13-11-15-8-4-3-5-9-15/h3-10,12,14H,11,13H2,1-2H3/q+1. The van der Waals surface area contributed by atoms with Crippen molar-refractivity contribution in [3.05, 3.63) is 66.0 Å². The number of hydrogen-bond acceptors (Lipinski definition) is 0. The molecular weight excluding hydrogens is 206 g/mol. The van der Waals surface area contributed by atoms with Crippen molar-refractivity contribution < 1.29 is 4.57 Å². The maximum Gasteiger partial charge on any atom is 0.183 e. The third kappa shape index (κ3) is 3.16. The van der Waals surface area contributed by atoms with Gasteiger partial charge >= 0.3 is 0 Å². The summed E-state index contributed by atoms with van der Waals surface area (Å²) in [6.07, 6.45) is 3.27. The van der Waals surface area contributed by atoms with E-state index in [4.69, 9.17) is 0 Å². The van der Waals surface area contributed by atoms with Crippen LogP contribution in [0.5, 0.6) is 0 Å². The van der Waals surface area contributed by atoms with Crippen LogP contribution in [0.15, 0.2) is 54.7 Å². The van der Waals surface area contributed by atoms with Crippen LogP contribution in [0.4, 0.5) is 0 Å². The fourth-order valence-corrected chi connectivity index (χ4v) is 2.11. The second-order valence-electron chi connectivity index (χ2n) is 4.71. The van der Waals surface area contributed by atoms with Crippen LogP contribution in [0, 0.1) is 0 Å². The van der Waals surface area contributed by atoms with Crippen molar-refractivity contribution in [2.24, 2.45) is 0 Å². The van der Waals surface area contributed by atoms with Gasteiger partial charge in [-0.05, 0) is 5.56 Å². The van der Waals surface area contributed by atoms with Crippen LogP contribution in [0.3, 0.4) is 0 Å². The Morgan fingerprint density at radius 3 is 2.35 bits per heavy atom. The molecule has 0 aliphatic rings. The molecule has 1 aromatic carbocycles. The molecule has 1 aromatic heterocycles. The molecule has 0 aliphatic carbocycles. The van der Waals surface area contributed by atoms with E-state index in [1.54, 1.807) is 0 Å². The van der Waals surface area contributed by atoms with Gasteiger partial charge in [-0.2, -0.15) is 0 Å². The quantitative estimate of drug-likeness (QED) is 0.704. The number of pyridine rings is 1. The predicted octanol–water partition coefficient (Wildman–Crippen LogP) is 3.34. The second kappa shape index (κ2) is 5.62. The van der Waals surface area contributed by atoms with E-state index in [9.17, 15) is 0 Å². The zero-order chi connectivity index (χ0) is 12.1. The molecule has 1 heteroatoms. The summed E-state index contributed by atoms with van der Waals surface area (Å²) in [7, 11) is 0. The number of benzene rings is 1. The first-order valence-electron chi connectivity index (χ1n) is 6.29. The van der Waals surface area contributed by atoms with Gasteiger partial charge in [-0.15, -0.1) is 0 Å². The van der Waals surface area contributed by atoms with E-state index >= 15 is 0 Å². The van der Waals surface area contributed by atoms with E-state index in [0.717, 1.165) is 13.0 Å². The zero-order valence-electron chi connectivity index (χ0n) is 10.6. The van der Waals surface area contributed by atoms with Gasteiger partial charge in [0.05, 0.1) is 0 Å². The highest BCUT2D eigenvalue weighted by Crippen LogP contribution is 2.08. The van der Waals surface area contributed by atoms with Crippen molar-refractivity contribution >= 4 is 0 Å². The lowest BCUT2D eigenvalue weighted by molar-refractivity contribution is -0.704. The van der Waals surface area contributed by atoms with Crippen LogP contribution < -0.4 is 4.57 Å². The average Bonchev–Trinajstić information content (AvgIpc) is 2.38. The van der Waals surface area contributed by atoms with Crippen molar-refractivity contribution in [3.63, 3.8) is 0 Å². The smallest absolute Gasteiger partial charge is 0.183 e. The Kier molecular flexibility index (Phi) is 3.92. The Bertz CT molecular complexity index is 460. The minimum Gasteiger partial charge on any atom is -0.202 e. The van der Waals surface area contributed by atoms with Crippen molar-refractivity contribution in [1.29, 1.82) is 0 Å². The maximum absolute atomic E-state index is 2.36. The van der Waals surface area contributed by atoms with Crippen molar-refractivity contribution in [2.75, 3.05) is 0 Å². The van der Waals surface area contributed by atoms with Gasteiger partial charge in [0.2, 0.25) is 0 Å². The average molecular weight is 226 g/mol. The van der Waals surface area contributed by atoms with Gasteiger partial charge in [-0.25, -0.2) is 4.57 Å². The first kappa shape index (κ1) is 11.8. The van der Waals surface area contributed by atoms with Crippen LogP contribution in [0.2, 0.25) is 0 Å². The van der Waals surface area contributed by atoms with E-state index in [-0.39, 0.29) is 0 Å². The molecule has 0 saturated heterocycles. The normalized spacial score (nSPS) is 10.8. The van der Waals surface area contributed by atoms with Gasteiger partial charge < -0.3 is 0 Å². The minimum atomic E-state index is 0.576. The molecule has 0 saturated carbocycles. The van der Waals surface area contributed by atoms with Gasteiger partial charge in [0, 0.05) is 24.5 Å². The van der Waals surface area contributed by atoms with Gasteiger partial charge in [0.15, 0.2) is 18.4 Å². The van der Waals surface area contributed by atoms with E-state index in [1.807, 2.05) is 0 Å². The lowest BCUT2D eigenvalue weighted by Gasteiger charge is -2.06. The van der Waals surface area contributed by atoms with E-state index in [1.165, 1.54) is 11.3 Å². The molecule has 0 aliphatic heterocycles. The molecule has 0 N–H and O–H groups in total. The molecule has 0 bridgehead atoms. The molecule has 0 atom stereocenters. The summed E-state index contributed by atoms with van der Waals surface area (Å²) < 4.78 is 2.36. The predicted molar refractivity (Wildman–Crippen MR) is 70.9 cm³/mol. The Hall–Kier alpha value is -1.63. The molecule has 88 valence electrons. The Labute approximate surface area is 104 Å². The molecule has 0 spiro atoms. The SMILES string of the molecule is CC(C)c1cccc[n+]1CCc1ccccc1. The maximum atomic E-state index is 2.36. The highest BCUT2D eigenvalue weighted by molar-refractivity contribution is 5.14. The Balaban J connectivity index is 2.09. The Morgan fingerprint density at radius 2 is 1.65 bits per heavy atom. The summed E-state index contributed by atoms with van der Waals surface area (Å²) in [6.45, 7) is 5.54. The monoisotopic (exact) mass is 226 g/mol. The molecule has 2 aromatic rings. The van der Waals surface area contributed by atoms with Gasteiger partial charge in [0.1, 0.15) is 0 Å². The summed E-state index contributed by atoms with van der Waals surface area (Å²) in [5.41, 5.74) is 2.81. The topological polar surface area (TPSA) is 3.88 Å². The molecule has 0 fully saturated rings. The van der Waals surface area contributed by atoms with Crippen molar-refractivity contribution in [3.8, 4) is 0 Å².